The van der Waals surface area contributed by atoms with Gasteiger partial charge in [0, 0.05) is 23.0 Å². The van der Waals surface area contributed by atoms with Gasteiger partial charge in [0.25, 0.3) is 0 Å². The van der Waals surface area contributed by atoms with Crippen LogP contribution in [0.1, 0.15) is 19.2 Å². The largest absolute Gasteiger partial charge is 0.249 e. The fraction of sp³-hybridized carbons (Fsp3) is 0.385. The number of nitrogens with zero attached hydrogens (tertiary/aromatic N) is 3. The van der Waals surface area contributed by atoms with Gasteiger partial charge in [-0.3, -0.25) is 0 Å². The van der Waals surface area contributed by atoms with Crippen molar-refractivity contribution in [3.05, 3.63) is 34.6 Å². The van der Waals surface area contributed by atoms with Crippen LogP contribution in [0, 0.1) is 5.92 Å². The molecule has 0 saturated carbocycles. The van der Waals surface area contributed by atoms with Crippen molar-refractivity contribution in [2.75, 3.05) is 0 Å². The molecule has 1 aliphatic rings. The van der Waals surface area contributed by atoms with Gasteiger partial charge >= 0.3 is 0 Å². The molecular weight excluding hydrogens is 278 g/mol. The van der Waals surface area contributed by atoms with Gasteiger partial charge in [-0.25, -0.2) is 9.67 Å². The molecule has 0 amide bonds. The van der Waals surface area contributed by atoms with Crippen molar-refractivity contribution in [2.24, 2.45) is 5.92 Å². The van der Waals surface area contributed by atoms with Gasteiger partial charge in [-0.1, -0.05) is 35.0 Å². The molecule has 17 heavy (non-hydrogen) atoms. The SMILES string of the molecule is CC1CCc2nc(-c3ccc(Br)cc3)nn2C1. The average Bonchev–Trinajstić information content (AvgIpc) is 2.72. The first kappa shape index (κ1) is 11.0. The molecule has 1 unspecified atom stereocenters. The summed E-state index contributed by atoms with van der Waals surface area (Å²) in [5, 5.41) is 4.59. The van der Waals surface area contributed by atoms with Crippen molar-refractivity contribution in [1.29, 1.82) is 0 Å². The van der Waals surface area contributed by atoms with Gasteiger partial charge in [-0.15, -0.1) is 0 Å². The molecule has 0 aliphatic carbocycles. The summed E-state index contributed by atoms with van der Waals surface area (Å²) in [7, 11) is 0. The van der Waals surface area contributed by atoms with Crippen molar-refractivity contribution < 1.29 is 0 Å². The Morgan fingerprint density at radius 2 is 2.06 bits per heavy atom. The molecule has 4 heteroatoms. The molecular formula is C13H14BrN3. The average molecular weight is 292 g/mol. The van der Waals surface area contributed by atoms with E-state index in [9.17, 15) is 0 Å². The Morgan fingerprint density at radius 1 is 1.29 bits per heavy atom. The molecule has 2 heterocycles. The minimum absolute atomic E-state index is 0.710. The van der Waals surface area contributed by atoms with E-state index in [0.29, 0.717) is 5.92 Å². The van der Waals surface area contributed by atoms with Gasteiger partial charge in [-0.05, 0) is 24.5 Å². The zero-order valence-corrected chi connectivity index (χ0v) is 11.3. The predicted octanol–water partition coefficient (Wildman–Crippen LogP) is 3.29. The monoisotopic (exact) mass is 291 g/mol. The molecule has 0 bridgehead atoms. The van der Waals surface area contributed by atoms with Crippen LogP contribution in [0.4, 0.5) is 0 Å². The minimum atomic E-state index is 0.710. The van der Waals surface area contributed by atoms with Crippen LogP contribution in [0.2, 0.25) is 0 Å². The van der Waals surface area contributed by atoms with E-state index in [4.69, 9.17) is 0 Å². The fourth-order valence-electron chi connectivity index (χ4n) is 2.19. The lowest BCUT2D eigenvalue weighted by molar-refractivity contribution is 0.368. The Bertz CT molecular complexity index is 530. The standard InChI is InChI=1S/C13H14BrN3/c1-9-2-7-12-15-13(16-17(12)8-9)10-3-5-11(14)6-4-10/h3-6,9H,2,7-8H2,1H3. The van der Waals surface area contributed by atoms with E-state index >= 15 is 0 Å². The van der Waals surface area contributed by atoms with Gasteiger partial charge in [0.1, 0.15) is 5.82 Å². The summed E-state index contributed by atoms with van der Waals surface area (Å²) < 4.78 is 3.14. The summed E-state index contributed by atoms with van der Waals surface area (Å²) in [6.07, 6.45) is 2.27. The van der Waals surface area contributed by atoms with E-state index in [1.807, 2.05) is 12.1 Å². The van der Waals surface area contributed by atoms with Gasteiger partial charge in [-0.2, -0.15) is 5.10 Å². The highest BCUT2D eigenvalue weighted by Crippen LogP contribution is 2.23. The molecule has 0 saturated heterocycles. The minimum Gasteiger partial charge on any atom is -0.249 e. The highest BCUT2D eigenvalue weighted by atomic mass is 79.9. The summed E-state index contributed by atoms with van der Waals surface area (Å²) in [5.74, 6) is 2.68. The summed E-state index contributed by atoms with van der Waals surface area (Å²) in [4.78, 5) is 4.62. The van der Waals surface area contributed by atoms with Crippen LogP contribution in [0.25, 0.3) is 11.4 Å². The zero-order valence-electron chi connectivity index (χ0n) is 9.73. The Kier molecular flexibility index (Phi) is 2.74. The molecule has 2 aromatic rings. The quantitative estimate of drug-likeness (QED) is 0.807. The van der Waals surface area contributed by atoms with Crippen molar-refractivity contribution in [1.82, 2.24) is 14.8 Å². The van der Waals surface area contributed by atoms with Crippen LogP contribution < -0.4 is 0 Å². The van der Waals surface area contributed by atoms with Gasteiger partial charge in [0.05, 0.1) is 0 Å². The van der Waals surface area contributed by atoms with E-state index in [2.05, 4.69) is 49.8 Å². The van der Waals surface area contributed by atoms with Crippen LogP contribution in [0.15, 0.2) is 28.7 Å². The van der Waals surface area contributed by atoms with E-state index in [0.717, 1.165) is 34.7 Å². The lowest BCUT2D eigenvalue weighted by atomic mass is 10.0. The lowest BCUT2D eigenvalue weighted by Gasteiger charge is -2.17. The number of hydrogen-bond donors (Lipinski definition) is 0. The van der Waals surface area contributed by atoms with E-state index in [1.54, 1.807) is 0 Å². The molecule has 1 aliphatic heterocycles. The third-order valence-corrected chi connectivity index (χ3v) is 3.72. The zero-order chi connectivity index (χ0) is 11.8. The molecule has 0 radical (unpaired) electrons. The Labute approximate surface area is 109 Å². The molecule has 0 N–H and O–H groups in total. The molecule has 3 rings (SSSR count). The number of hydrogen-bond acceptors (Lipinski definition) is 2. The molecule has 3 nitrogen and oxygen atoms in total. The highest BCUT2D eigenvalue weighted by Gasteiger charge is 2.18. The fourth-order valence-corrected chi connectivity index (χ4v) is 2.45. The first-order chi connectivity index (χ1) is 8.22. The number of aryl methyl sites for hydroxylation is 1. The number of benzene rings is 1. The molecule has 0 fully saturated rings. The third-order valence-electron chi connectivity index (χ3n) is 3.20. The van der Waals surface area contributed by atoms with Crippen LogP contribution in [-0.4, -0.2) is 14.8 Å². The maximum Gasteiger partial charge on any atom is 0.181 e. The first-order valence-electron chi connectivity index (χ1n) is 5.92. The van der Waals surface area contributed by atoms with Crippen molar-refractivity contribution >= 4 is 15.9 Å². The van der Waals surface area contributed by atoms with Gasteiger partial charge in [0.15, 0.2) is 5.82 Å². The van der Waals surface area contributed by atoms with Gasteiger partial charge < -0.3 is 0 Å². The lowest BCUT2D eigenvalue weighted by Crippen LogP contribution is -2.18. The number of aromatic nitrogens is 3. The second-order valence-corrected chi connectivity index (χ2v) is 5.60. The second kappa shape index (κ2) is 4.26. The molecule has 1 atom stereocenters. The molecule has 1 aromatic carbocycles. The molecule has 88 valence electrons. The van der Waals surface area contributed by atoms with Crippen molar-refractivity contribution in [3.8, 4) is 11.4 Å². The Hall–Kier alpha value is -1.16. The van der Waals surface area contributed by atoms with E-state index < -0.39 is 0 Å². The Morgan fingerprint density at radius 3 is 2.82 bits per heavy atom. The smallest absolute Gasteiger partial charge is 0.181 e. The summed E-state index contributed by atoms with van der Waals surface area (Å²) >= 11 is 3.44. The van der Waals surface area contributed by atoms with Crippen molar-refractivity contribution in [2.45, 2.75) is 26.3 Å². The highest BCUT2D eigenvalue weighted by molar-refractivity contribution is 9.10. The van der Waals surface area contributed by atoms with E-state index in [1.165, 1.54) is 6.42 Å². The number of fused-ring (bicyclic) bond motifs is 1. The van der Waals surface area contributed by atoms with Crippen LogP contribution in [-0.2, 0) is 13.0 Å². The summed E-state index contributed by atoms with van der Waals surface area (Å²) in [5.41, 5.74) is 1.09. The van der Waals surface area contributed by atoms with Crippen LogP contribution in [0.3, 0.4) is 0 Å². The van der Waals surface area contributed by atoms with Crippen LogP contribution >= 0.6 is 15.9 Å². The predicted molar refractivity (Wildman–Crippen MR) is 70.6 cm³/mol. The van der Waals surface area contributed by atoms with E-state index in [-0.39, 0.29) is 0 Å². The van der Waals surface area contributed by atoms with Crippen molar-refractivity contribution in [3.63, 3.8) is 0 Å². The maximum absolute atomic E-state index is 4.62. The number of rotatable bonds is 1. The Balaban J connectivity index is 1.97. The maximum atomic E-state index is 4.62. The molecule has 0 spiro atoms. The second-order valence-electron chi connectivity index (χ2n) is 4.68. The third kappa shape index (κ3) is 2.14. The summed E-state index contributed by atoms with van der Waals surface area (Å²) in [6.45, 7) is 3.27. The molecule has 1 aromatic heterocycles. The summed E-state index contributed by atoms with van der Waals surface area (Å²) in [6, 6.07) is 8.15. The van der Waals surface area contributed by atoms with Crippen LogP contribution in [0.5, 0.6) is 0 Å². The first-order valence-corrected chi connectivity index (χ1v) is 6.71. The number of halogens is 1. The topological polar surface area (TPSA) is 30.7 Å². The van der Waals surface area contributed by atoms with Gasteiger partial charge in [0.2, 0.25) is 0 Å². The normalized spacial score (nSPS) is 19.1.